The van der Waals surface area contributed by atoms with E-state index in [1.54, 1.807) is 7.11 Å². The van der Waals surface area contributed by atoms with Gasteiger partial charge in [-0.15, -0.1) is 11.6 Å². The highest BCUT2D eigenvalue weighted by molar-refractivity contribution is 6.18. The van der Waals surface area contributed by atoms with Crippen molar-refractivity contribution < 1.29 is 4.74 Å². The molecule has 0 unspecified atom stereocenters. The zero-order chi connectivity index (χ0) is 11.4. The molecule has 0 aliphatic carbocycles. The summed E-state index contributed by atoms with van der Waals surface area (Å²) < 4.78 is 5.32. The molecule has 1 aliphatic heterocycles. The highest BCUT2D eigenvalue weighted by atomic mass is 35.5. The van der Waals surface area contributed by atoms with Crippen molar-refractivity contribution in [3.8, 4) is 5.75 Å². The lowest BCUT2D eigenvalue weighted by atomic mass is 9.99. The van der Waals surface area contributed by atoms with Gasteiger partial charge in [-0.25, -0.2) is 4.98 Å². The molecule has 1 aliphatic rings. The maximum Gasteiger partial charge on any atom is 0.171 e. The first-order valence-corrected chi connectivity index (χ1v) is 6.18. The van der Waals surface area contributed by atoms with E-state index in [1.807, 2.05) is 18.3 Å². The van der Waals surface area contributed by atoms with Crippen molar-refractivity contribution in [1.82, 2.24) is 4.98 Å². The maximum atomic E-state index is 5.87. The van der Waals surface area contributed by atoms with Gasteiger partial charge in [-0.2, -0.15) is 0 Å². The van der Waals surface area contributed by atoms with Crippen LogP contribution in [0.4, 0.5) is 5.82 Å². The molecule has 0 spiro atoms. The van der Waals surface area contributed by atoms with Crippen LogP contribution < -0.4 is 9.64 Å². The lowest BCUT2D eigenvalue weighted by molar-refractivity contribution is 0.402. The van der Waals surface area contributed by atoms with Crippen molar-refractivity contribution in [1.29, 1.82) is 0 Å². The standard InChI is InChI=1S/C12H17ClN2O/c1-16-11-3-2-6-14-12(11)15-7-4-10(9-13)5-8-15/h2-3,6,10H,4-5,7-9H2,1H3. The summed E-state index contributed by atoms with van der Waals surface area (Å²) in [5, 5.41) is 0. The van der Waals surface area contributed by atoms with Crippen molar-refractivity contribution in [2.75, 3.05) is 31.0 Å². The SMILES string of the molecule is COc1cccnc1N1CCC(CCl)CC1. The summed E-state index contributed by atoms with van der Waals surface area (Å²) in [5.41, 5.74) is 0. The molecule has 3 nitrogen and oxygen atoms in total. The van der Waals surface area contributed by atoms with Gasteiger partial charge in [-0.1, -0.05) is 0 Å². The largest absolute Gasteiger partial charge is 0.493 e. The molecule has 1 fully saturated rings. The lowest BCUT2D eigenvalue weighted by Gasteiger charge is -2.32. The topological polar surface area (TPSA) is 25.4 Å². The molecule has 16 heavy (non-hydrogen) atoms. The van der Waals surface area contributed by atoms with Gasteiger partial charge < -0.3 is 9.64 Å². The molecule has 4 heteroatoms. The quantitative estimate of drug-likeness (QED) is 0.760. The predicted octanol–water partition coefficient (Wildman–Crippen LogP) is 2.55. The fourth-order valence-electron chi connectivity index (χ4n) is 2.08. The minimum absolute atomic E-state index is 0.660. The molecule has 1 aromatic heterocycles. The Kier molecular flexibility index (Phi) is 3.88. The Hall–Kier alpha value is -0.960. The second-order valence-corrected chi connectivity index (χ2v) is 4.42. The van der Waals surface area contributed by atoms with Crippen molar-refractivity contribution in [2.45, 2.75) is 12.8 Å². The van der Waals surface area contributed by atoms with Crippen LogP contribution in [0.25, 0.3) is 0 Å². The van der Waals surface area contributed by atoms with E-state index >= 15 is 0 Å². The second-order valence-electron chi connectivity index (χ2n) is 4.11. The van der Waals surface area contributed by atoms with E-state index < -0.39 is 0 Å². The highest BCUT2D eigenvalue weighted by Gasteiger charge is 2.21. The van der Waals surface area contributed by atoms with Crippen molar-refractivity contribution in [3.05, 3.63) is 18.3 Å². The highest BCUT2D eigenvalue weighted by Crippen LogP contribution is 2.29. The van der Waals surface area contributed by atoms with Gasteiger partial charge in [0, 0.05) is 25.2 Å². The molecular formula is C12H17ClN2O. The summed E-state index contributed by atoms with van der Waals surface area (Å²) in [6.45, 7) is 2.04. The number of pyridine rings is 1. The molecule has 0 aromatic carbocycles. The van der Waals surface area contributed by atoms with Crippen molar-refractivity contribution >= 4 is 17.4 Å². The van der Waals surface area contributed by atoms with E-state index in [0.29, 0.717) is 5.92 Å². The van der Waals surface area contributed by atoms with Gasteiger partial charge in [0.1, 0.15) is 0 Å². The molecule has 2 rings (SSSR count). The summed E-state index contributed by atoms with van der Waals surface area (Å²) in [7, 11) is 1.69. The molecule has 1 aromatic rings. The molecule has 0 amide bonds. The molecule has 0 saturated carbocycles. The van der Waals surface area contributed by atoms with E-state index in [1.165, 1.54) is 0 Å². The molecular weight excluding hydrogens is 224 g/mol. The Balaban J connectivity index is 2.07. The number of alkyl halides is 1. The molecule has 0 N–H and O–H groups in total. The Morgan fingerprint density at radius 1 is 1.50 bits per heavy atom. The fraction of sp³-hybridized carbons (Fsp3) is 0.583. The average Bonchev–Trinajstić information content (AvgIpc) is 2.39. The van der Waals surface area contributed by atoms with E-state index in [4.69, 9.17) is 16.3 Å². The number of hydrogen-bond donors (Lipinski definition) is 0. The normalized spacial score (nSPS) is 17.5. The van der Waals surface area contributed by atoms with Gasteiger partial charge in [-0.3, -0.25) is 0 Å². The van der Waals surface area contributed by atoms with Crippen LogP contribution in [-0.2, 0) is 0 Å². The molecule has 0 atom stereocenters. The van der Waals surface area contributed by atoms with Gasteiger partial charge >= 0.3 is 0 Å². The van der Waals surface area contributed by atoms with Crippen LogP contribution in [0.15, 0.2) is 18.3 Å². The fourth-order valence-corrected chi connectivity index (χ4v) is 2.39. The number of rotatable bonds is 3. The summed E-state index contributed by atoms with van der Waals surface area (Å²) in [4.78, 5) is 6.67. The number of aromatic nitrogens is 1. The Bertz CT molecular complexity index is 338. The van der Waals surface area contributed by atoms with Gasteiger partial charge in [0.2, 0.25) is 0 Å². The van der Waals surface area contributed by atoms with Crippen LogP contribution in [0.2, 0.25) is 0 Å². The Morgan fingerprint density at radius 3 is 2.88 bits per heavy atom. The summed E-state index contributed by atoms with van der Waals surface area (Å²) in [6, 6.07) is 3.85. The van der Waals surface area contributed by atoms with Crippen molar-refractivity contribution in [3.63, 3.8) is 0 Å². The number of hydrogen-bond acceptors (Lipinski definition) is 3. The number of nitrogens with zero attached hydrogens (tertiary/aromatic N) is 2. The third kappa shape index (κ3) is 2.40. The summed E-state index contributed by atoms with van der Waals surface area (Å²) in [6.07, 6.45) is 4.10. The zero-order valence-electron chi connectivity index (χ0n) is 9.53. The first kappa shape index (κ1) is 11.5. The monoisotopic (exact) mass is 240 g/mol. The second kappa shape index (κ2) is 5.39. The lowest BCUT2D eigenvalue weighted by Crippen LogP contribution is -2.34. The Morgan fingerprint density at radius 2 is 2.25 bits per heavy atom. The molecule has 2 heterocycles. The third-order valence-electron chi connectivity index (χ3n) is 3.10. The van der Waals surface area contributed by atoms with Gasteiger partial charge in [-0.05, 0) is 30.9 Å². The Labute approximate surface area is 101 Å². The number of ether oxygens (including phenoxy) is 1. The van der Waals surface area contributed by atoms with Crippen LogP contribution in [0.3, 0.4) is 0 Å². The molecule has 1 saturated heterocycles. The molecule has 0 bridgehead atoms. The van der Waals surface area contributed by atoms with Crippen LogP contribution in [0.5, 0.6) is 5.75 Å². The van der Waals surface area contributed by atoms with E-state index in [0.717, 1.165) is 43.4 Å². The van der Waals surface area contributed by atoms with E-state index in [-0.39, 0.29) is 0 Å². The first-order chi connectivity index (χ1) is 7.85. The smallest absolute Gasteiger partial charge is 0.171 e. The number of anilines is 1. The van der Waals surface area contributed by atoms with Crippen LogP contribution in [0.1, 0.15) is 12.8 Å². The number of piperidine rings is 1. The number of halogens is 1. The van der Waals surface area contributed by atoms with Gasteiger partial charge in [0.25, 0.3) is 0 Å². The van der Waals surface area contributed by atoms with Crippen molar-refractivity contribution in [2.24, 2.45) is 5.92 Å². The van der Waals surface area contributed by atoms with Crippen LogP contribution in [-0.4, -0.2) is 31.1 Å². The third-order valence-corrected chi connectivity index (χ3v) is 3.54. The maximum absolute atomic E-state index is 5.87. The minimum atomic E-state index is 0.660. The average molecular weight is 241 g/mol. The van der Waals surface area contributed by atoms with Crippen LogP contribution >= 0.6 is 11.6 Å². The minimum Gasteiger partial charge on any atom is -0.493 e. The van der Waals surface area contributed by atoms with E-state index in [2.05, 4.69) is 9.88 Å². The number of methoxy groups -OCH3 is 1. The van der Waals surface area contributed by atoms with Crippen LogP contribution in [0, 0.1) is 5.92 Å². The van der Waals surface area contributed by atoms with Gasteiger partial charge in [0.05, 0.1) is 7.11 Å². The molecule has 88 valence electrons. The first-order valence-electron chi connectivity index (χ1n) is 5.65. The summed E-state index contributed by atoms with van der Waals surface area (Å²) >= 11 is 5.87. The van der Waals surface area contributed by atoms with Gasteiger partial charge in [0.15, 0.2) is 11.6 Å². The molecule has 0 radical (unpaired) electrons. The van der Waals surface area contributed by atoms with E-state index in [9.17, 15) is 0 Å². The predicted molar refractivity (Wildman–Crippen MR) is 66.4 cm³/mol. The zero-order valence-corrected chi connectivity index (χ0v) is 10.3. The summed E-state index contributed by atoms with van der Waals surface area (Å²) in [5.74, 6) is 3.24.